The number of benzene rings is 1. The number of nitrogens with one attached hydrogen (secondary N) is 1. The van der Waals surface area contributed by atoms with E-state index in [2.05, 4.69) is 21.4 Å². The molecule has 1 rings (SSSR count). The number of unbranched alkanes of at least 4 members (excludes halogenated alkanes) is 2. The Morgan fingerprint density at radius 2 is 1.58 bits per heavy atom. The number of ether oxygens (including phenoxy) is 2. The van der Waals surface area contributed by atoms with Gasteiger partial charge in [0.25, 0.3) is 0 Å². The van der Waals surface area contributed by atoms with Crippen molar-refractivity contribution in [2.75, 3.05) is 66.4 Å². The molecule has 0 radical (unpaired) electrons. The third-order valence-corrected chi connectivity index (χ3v) is 6.64. The maximum Gasteiger partial charge on any atom is 0.415 e. The van der Waals surface area contributed by atoms with Gasteiger partial charge in [-0.3, -0.25) is 16.8 Å². The molecule has 1 aromatic carbocycles. The average molecular weight is 555 g/mol. The second-order valence-electron chi connectivity index (χ2n) is 10.1. The van der Waals surface area contributed by atoms with Crippen LogP contribution in [0.25, 0.3) is 0 Å². The van der Waals surface area contributed by atoms with Crippen molar-refractivity contribution in [1.82, 2.24) is 20.0 Å². The van der Waals surface area contributed by atoms with E-state index < -0.39 is 18.5 Å². The van der Waals surface area contributed by atoms with Crippen LogP contribution in [0.3, 0.4) is 0 Å². The number of rotatable bonds is 18. The summed E-state index contributed by atoms with van der Waals surface area (Å²) >= 11 is 1.82. The van der Waals surface area contributed by atoms with Gasteiger partial charge in [-0.1, -0.05) is 12.5 Å². The van der Waals surface area contributed by atoms with Crippen LogP contribution in [0.4, 0.5) is 9.59 Å². The Hall–Kier alpha value is -2.05. The van der Waals surface area contributed by atoms with E-state index in [0.29, 0.717) is 25.3 Å². The number of nitrogens with zero attached hydrogens (tertiary/aromatic N) is 3. The lowest BCUT2D eigenvalue weighted by atomic mass is 10.0. The molecule has 0 aliphatic heterocycles. The molecule has 0 aromatic heterocycles. The second-order valence-corrected chi connectivity index (χ2v) is 11.1. The maximum atomic E-state index is 13.1. The SMILES string of the molecule is CSCCCCCC(OC(=O)NC(N)N)c1ccc(OC(=O)N(CCCN(C)C)CCCN(C)C)c(C)c1. The molecule has 1 aromatic rings. The van der Waals surface area contributed by atoms with E-state index >= 15 is 0 Å². The Balaban J connectivity index is 2.93. The van der Waals surface area contributed by atoms with Gasteiger partial charge >= 0.3 is 12.2 Å². The van der Waals surface area contributed by atoms with Gasteiger partial charge in [-0.15, -0.1) is 0 Å². The summed E-state index contributed by atoms with van der Waals surface area (Å²) in [6.07, 6.45) is 5.11. The monoisotopic (exact) mass is 554 g/mol. The molecule has 1 unspecified atom stereocenters. The van der Waals surface area contributed by atoms with Gasteiger partial charge < -0.3 is 24.2 Å². The number of nitrogens with two attached hydrogens (primary N) is 2. The lowest BCUT2D eigenvalue weighted by molar-refractivity contribution is 0.0882. The van der Waals surface area contributed by atoms with Crippen molar-refractivity contribution in [2.45, 2.75) is 57.8 Å². The first kappa shape index (κ1) is 34.0. The molecule has 0 fully saturated rings. The fraction of sp³-hybridized carbons (Fsp3) is 0.704. The molecule has 0 bridgehead atoms. The quantitative estimate of drug-likeness (QED) is 0.184. The van der Waals surface area contributed by atoms with Crippen LogP contribution >= 0.6 is 11.8 Å². The van der Waals surface area contributed by atoms with E-state index in [1.165, 1.54) is 0 Å². The van der Waals surface area contributed by atoms with E-state index in [4.69, 9.17) is 20.9 Å². The van der Waals surface area contributed by atoms with Crippen LogP contribution in [0, 0.1) is 6.92 Å². The first-order valence-electron chi connectivity index (χ1n) is 13.4. The predicted molar refractivity (Wildman–Crippen MR) is 156 cm³/mol. The lowest BCUT2D eigenvalue weighted by Gasteiger charge is -2.24. The van der Waals surface area contributed by atoms with Gasteiger partial charge in [-0.25, -0.2) is 9.59 Å². The van der Waals surface area contributed by atoms with Crippen LogP contribution in [-0.4, -0.2) is 99.6 Å². The molecule has 11 heteroatoms. The minimum absolute atomic E-state index is 0.351. The number of hydrogen-bond acceptors (Lipinski definition) is 9. The Morgan fingerprint density at radius 1 is 0.947 bits per heavy atom. The minimum atomic E-state index is -0.994. The number of amides is 2. The summed E-state index contributed by atoms with van der Waals surface area (Å²) in [5.74, 6) is 1.60. The zero-order chi connectivity index (χ0) is 28.5. The van der Waals surface area contributed by atoms with Gasteiger partial charge in [-0.2, -0.15) is 11.8 Å². The number of thioether (sulfide) groups is 1. The van der Waals surface area contributed by atoms with Crippen LogP contribution in [-0.2, 0) is 4.74 Å². The maximum absolute atomic E-state index is 13.1. The predicted octanol–water partition coefficient (Wildman–Crippen LogP) is 3.59. The highest BCUT2D eigenvalue weighted by Gasteiger charge is 2.21. The third kappa shape index (κ3) is 14.8. The molecule has 0 aliphatic carbocycles. The highest BCUT2D eigenvalue weighted by molar-refractivity contribution is 7.98. The van der Waals surface area contributed by atoms with Gasteiger partial charge in [0.2, 0.25) is 0 Å². The molecule has 218 valence electrons. The van der Waals surface area contributed by atoms with Gasteiger partial charge in [0, 0.05) is 13.1 Å². The summed E-state index contributed by atoms with van der Waals surface area (Å²) in [5, 5.41) is 2.38. The first-order chi connectivity index (χ1) is 18.0. The average Bonchev–Trinajstić information content (AvgIpc) is 2.82. The molecule has 0 aliphatic rings. The van der Waals surface area contributed by atoms with Gasteiger partial charge in [0.05, 0.1) is 0 Å². The van der Waals surface area contributed by atoms with Crippen molar-refractivity contribution < 1.29 is 19.1 Å². The molecule has 2 amide bonds. The minimum Gasteiger partial charge on any atom is -0.441 e. The molecule has 10 nitrogen and oxygen atoms in total. The number of aryl methyl sites for hydroxylation is 1. The first-order valence-corrected chi connectivity index (χ1v) is 14.8. The molecule has 0 saturated carbocycles. The van der Waals surface area contributed by atoms with Crippen LogP contribution in [0.2, 0.25) is 0 Å². The Bertz CT molecular complexity index is 811. The summed E-state index contributed by atoms with van der Waals surface area (Å²) in [6, 6.07) is 5.53. The van der Waals surface area contributed by atoms with E-state index in [0.717, 1.165) is 62.1 Å². The van der Waals surface area contributed by atoms with Crippen molar-refractivity contribution in [3.63, 3.8) is 0 Å². The van der Waals surface area contributed by atoms with E-state index in [1.54, 1.807) is 11.0 Å². The smallest absolute Gasteiger partial charge is 0.415 e. The standard InChI is InChI=1S/C27H50N6O4S/c1-21-20-22(24(12-8-7-9-19-38-6)36-26(34)30-25(28)29)13-14-23(21)37-27(35)33(17-10-15-31(2)3)18-11-16-32(4)5/h13-14,20,24-25H,7-12,15-19,28-29H2,1-6H3,(H,30,34). The lowest BCUT2D eigenvalue weighted by Crippen LogP contribution is -2.48. The molecular weight excluding hydrogens is 504 g/mol. The largest absolute Gasteiger partial charge is 0.441 e. The molecule has 0 saturated heterocycles. The van der Waals surface area contributed by atoms with Gasteiger partial charge in [0.1, 0.15) is 18.1 Å². The van der Waals surface area contributed by atoms with Crippen LogP contribution < -0.4 is 21.5 Å². The number of hydrogen-bond donors (Lipinski definition) is 3. The molecule has 38 heavy (non-hydrogen) atoms. The molecule has 0 heterocycles. The Morgan fingerprint density at radius 3 is 2.11 bits per heavy atom. The highest BCUT2D eigenvalue weighted by Crippen LogP contribution is 2.29. The number of carbonyl (C=O) groups excluding carboxylic acids is 2. The number of carbonyl (C=O) groups is 2. The molecule has 1 atom stereocenters. The van der Waals surface area contributed by atoms with Crippen LogP contribution in [0.15, 0.2) is 18.2 Å². The third-order valence-electron chi connectivity index (χ3n) is 5.94. The molecular formula is C27H50N6O4S. The highest BCUT2D eigenvalue weighted by atomic mass is 32.2. The summed E-state index contributed by atoms with van der Waals surface area (Å²) in [7, 11) is 8.09. The van der Waals surface area contributed by atoms with Gasteiger partial charge in [-0.05, 0) is 116 Å². The Labute approximate surface area is 233 Å². The zero-order valence-corrected chi connectivity index (χ0v) is 25.0. The zero-order valence-electron chi connectivity index (χ0n) is 24.2. The topological polar surface area (TPSA) is 126 Å². The van der Waals surface area contributed by atoms with E-state index in [1.807, 2.05) is 59.0 Å². The fourth-order valence-corrected chi connectivity index (χ4v) is 4.43. The van der Waals surface area contributed by atoms with Crippen molar-refractivity contribution in [3.8, 4) is 5.75 Å². The van der Waals surface area contributed by atoms with Crippen LogP contribution in [0.5, 0.6) is 5.75 Å². The summed E-state index contributed by atoms with van der Waals surface area (Å²) in [5.41, 5.74) is 12.6. The van der Waals surface area contributed by atoms with Crippen molar-refractivity contribution in [3.05, 3.63) is 29.3 Å². The summed E-state index contributed by atoms with van der Waals surface area (Å²) in [4.78, 5) is 31.3. The van der Waals surface area contributed by atoms with Gasteiger partial charge in [0.15, 0.2) is 0 Å². The molecule has 0 spiro atoms. The fourth-order valence-electron chi connectivity index (χ4n) is 3.94. The van der Waals surface area contributed by atoms with Crippen molar-refractivity contribution in [1.29, 1.82) is 0 Å². The summed E-state index contributed by atoms with van der Waals surface area (Å²) in [6.45, 7) is 4.94. The summed E-state index contributed by atoms with van der Waals surface area (Å²) < 4.78 is 11.5. The van der Waals surface area contributed by atoms with Crippen LogP contribution in [0.1, 0.15) is 55.8 Å². The molecule has 5 N–H and O–H groups in total. The number of alkyl carbamates (subject to hydrolysis) is 1. The van der Waals surface area contributed by atoms with Crippen molar-refractivity contribution in [2.24, 2.45) is 11.5 Å². The van der Waals surface area contributed by atoms with Crippen molar-refractivity contribution >= 4 is 23.9 Å². The van der Waals surface area contributed by atoms with E-state index in [9.17, 15) is 9.59 Å². The van der Waals surface area contributed by atoms with E-state index in [-0.39, 0.29) is 6.09 Å². The Kier molecular flexibility index (Phi) is 17.1. The second kappa shape index (κ2) is 19.1. The normalized spacial score (nSPS) is 12.2.